The van der Waals surface area contributed by atoms with Gasteiger partial charge >= 0.3 is 6.18 Å². The van der Waals surface area contributed by atoms with E-state index in [0.717, 1.165) is 18.5 Å². The molecule has 0 bridgehead atoms. The highest BCUT2D eigenvalue weighted by atomic mass is 19.4. The predicted molar refractivity (Wildman–Crippen MR) is 68.0 cm³/mol. The molecule has 0 aliphatic heterocycles. The zero-order valence-corrected chi connectivity index (χ0v) is 11.7. The molecule has 1 aliphatic rings. The van der Waals surface area contributed by atoms with Crippen LogP contribution in [-0.4, -0.2) is 9.78 Å². The van der Waals surface area contributed by atoms with Crippen LogP contribution in [0.5, 0.6) is 0 Å². The van der Waals surface area contributed by atoms with Gasteiger partial charge in [0.1, 0.15) is 0 Å². The summed E-state index contributed by atoms with van der Waals surface area (Å²) in [6.45, 7) is 6.02. The monoisotopic (exact) mass is 274 g/mol. The van der Waals surface area contributed by atoms with E-state index in [9.17, 15) is 13.2 Å². The fraction of sp³-hybridized carbons (Fsp3) is 0.786. The number of halogens is 3. The van der Waals surface area contributed by atoms with Gasteiger partial charge in [-0.05, 0) is 31.6 Å². The van der Waals surface area contributed by atoms with Crippen LogP contribution in [0.3, 0.4) is 0 Å². The second kappa shape index (κ2) is 5.17. The molecule has 2 rings (SSSR count). The summed E-state index contributed by atoms with van der Waals surface area (Å²) < 4.78 is 40.4. The maximum atomic E-state index is 12.9. The third-order valence-corrected chi connectivity index (χ3v) is 3.96. The molecule has 1 heterocycles. The number of hydrogen-bond acceptors (Lipinski definition) is 1. The van der Waals surface area contributed by atoms with Crippen molar-refractivity contribution in [3.05, 3.63) is 17.0 Å². The molecule has 0 atom stereocenters. The topological polar surface area (TPSA) is 17.8 Å². The summed E-state index contributed by atoms with van der Waals surface area (Å²) in [4.78, 5) is 0. The Labute approximate surface area is 112 Å². The minimum atomic E-state index is -4.35. The predicted octanol–water partition coefficient (Wildman–Crippen LogP) is 4.52. The van der Waals surface area contributed by atoms with Gasteiger partial charge in [-0.2, -0.15) is 18.3 Å². The summed E-state index contributed by atoms with van der Waals surface area (Å²) in [5, 5.41) is 3.86. The normalized spacial score (nSPS) is 17.6. The van der Waals surface area contributed by atoms with Crippen molar-refractivity contribution in [2.24, 2.45) is 5.92 Å². The SMILES string of the molecule is Cc1c(C(F)(F)F)nn(CC2CCCC2)c1C(C)C. The smallest absolute Gasteiger partial charge is 0.268 e. The van der Waals surface area contributed by atoms with Gasteiger partial charge in [-0.3, -0.25) is 4.68 Å². The molecule has 0 spiro atoms. The van der Waals surface area contributed by atoms with Crippen LogP contribution in [0, 0.1) is 12.8 Å². The molecule has 1 fully saturated rings. The van der Waals surface area contributed by atoms with Crippen molar-refractivity contribution < 1.29 is 13.2 Å². The molecule has 0 unspecified atom stereocenters. The molecular weight excluding hydrogens is 253 g/mol. The van der Waals surface area contributed by atoms with Gasteiger partial charge in [0, 0.05) is 17.8 Å². The lowest BCUT2D eigenvalue weighted by Gasteiger charge is -2.15. The van der Waals surface area contributed by atoms with Gasteiger partial charge in [-0.1, -0.05) is 26.7 Å². The van der Waals surface area contributed by atoms with E-state index in [1.807, 2.05) is 13.8 Å². The molecule has 0 saturated heterocycles. The Bertz CT molecular complexity index is 440. The zero-order valence-electron chi connectivity index (χ0n) is 11.7. The van der Waals surface area contributed by atoms with Crippen LogP contribution in [0.25, 0.3) is 0 Å². The number of alkyl halides is 3. The molecule has 5 heteroatoms. The van der Waals surface area contributed by atoms with E-state index in [-0.39, 0.29) is 5.92 Å². The molecule has 1 aromatic heterocycles. The fourth-order valence-corrected chi connectivity index (χ4v) is 3.14. The molecule has 19 heavy (non-hydrogen) atoms. The highest BCUT2D eigenvalue weighted by Gasteiger charge is 2.38. The van der Waals surface area contributed by atoms with Gasteiger partial charge in [0.2, 0.25) is 0 Å². The Kier molecular flexibility index (Phi) is 3.92. The average molecular weight is 274 g/mol. The molecule has 0 amide bonds. The maximum Gasteiger partial charge on any atom is 0.435 e. The molecule has 1 aliphatic carbocycles. The van der Waals surface area contributed by atoms with Crippen LogP contribution in [0.1, 0.15) is 62.4 Å². The molecule has 1 saturated carbocycles. The highest BCUT2D eigenvalue weighted by Crippen LogP contribution is 2.35. The minimum Gasteiger partial charge on any atom is -0.268 e. The van der Waals surface area contributed by atoms with Crippen LogP contribution in [0.2, 0.25) is 0 Å². The van der Waals surface area contributed by atoms with Crippen molar-refractivity contribution in [1.82, 2.24) is 9.78 Å². The summed E-state index contributed by atoms with van der Waals surface area (Å²) in [7, 11) is 0. The van der Waals surface area contributed by atoms with Crippen molar-refractivity contribution in [3.8, 4) is 0 Å². The van der Waals surface area contributed by atoms with E-state index in [0.29, 0.717) is 18.0 Å². The summed E-state index contributed by atoms with van der Waals surface area (Å²) in [6, 6.07) is 0. The summed E-state index contributed by atoms with van der Waals surface area (Å²) in [6.07, 6.45) is 0.242. The molecular formula is C14H21F3N2. The first-order chi connectivity index (χ1) is 8.80. The number of rotatable bonds is 3. The summed E-state index contributed by atoms with van der Waals surface area (Å²) >= 11 is 0. The lowest BCUT2D eigenvalue weighted by atomic mass is 10.0. The molecule has 0 N–H and O–H groups in total. The Hall–Kier alpha value is -1.00. The van der Waals surface area contributed by atoms with Crippen molar-refractivity contribution >= 4 is 0 Å². The van der Waals surface area contributed by atoms with Crippen LogP contribution >= 0.6 is 0 Å². The largest absolute Gasteiger partial charge is 0.435 e. The maximum absolute atomic E-state index is 12.9. The fourth-order valence-electron chi connectivity index (χ4n) is 3.14. The van der Waals surface area contributed by atoms with E-state index in [4.69, 9.17) is 0 Å². The Balaban J connectivity index is 2.35. The van der Waals surface area contributed by atoms with Crippen LogP contribution < -0.4 is 0 Å². The second-order valence-corrected chi connectivity index (χ2v) is 5.84. The van der Waals surface area contributed by atoms with Crippen LogP contribution in [0.4, 0.5) is 13.2 Å². The molecule has 108 valence electrons. The van der Waals surface area contributed by atoms with Crippen molar-refractivity contribution in [2.75, 3.05) is 0 Å². The molecule has 1 aromatic rings. The summed E-state index contributed by atoms with van der Waals surface area (Å²) in [5.41, 5.74) is 0.314. The van der Waals surface area contributed by atoms with Crippen molar-refractivity contribution in [1.29, 1.82) is 0 Å². The zero-order chi connectivity index (χ0) is 14.2. The third kappa shape index (κ3) is 2.95. The van der Waals surface area contributed by atoms with Gasteiger partial charge < -0.3 is 0 Å². The lowest BCUT2D eigenvalue weighted by molar-refractivity contribution is -0.142. The van der Waals surface area contributed by atoms with E-state index in [1.54, 1.807) is 4.68 Å². The van der Waals surface area contributed by atoms with E-state index in [1.165, 1.54) is 19.8 Å². The molecule has 0 aromatic carbocycles. The van der Waals surface area contributed by atoms with E-state index in [2.05, 4.69) is 5.10 Å². The molecule has 2 nitrogen and oxygen atoms in total. The lowest BCUT2D eigenvalue weighted by Crippen LogP contribution is -2.14. The van der Waals surface area contributed by atoms with Gasteiger partial charge in [-0.15, -0.1) is 0 Å². The number of hydrogen-bond donors (Lipinski definition) is 0. The van der Waals surface area contributed by atoms with E-state index < -0.39 is 11.9 Å². The summed E-state index contributed by atoms with van der Waals surface area (Å²) in [5.74, 6) is 0.544. The van der Waals surface area contributed by atoms with Gasteiger partial charge in [-0.25, -0.2) is 0 Å². The van der Waals surface area contributed by atoms with Gasteiger partial charge in [0.05, 0.1) is 0 Å². The first-order valence-corrected chi connectivity index (χ1v) is 6.95. The van der Waals surface area contributed by atoms with Gasteiger partial charge in [0.15, 0.2) is 5.69 Å². The Morgan fingerprint density at radius 2 is 1.84 bits per heavy atom. The van der Waals surface area contributed by atoms with Crippen LogP contribution in [0.15, 0.2) is 0 Å². The van der Waals surface area contributed by atoms with Gasteiger partial charge in [0.25, 0.3) is 0 Å². The minimum absolute atomic E-state index is 0.0602. The van der Waals surface area contributed by atoms with Crippen LogP contribution in [-0.2, 0) is 12.7 Å². The highest BCUT2D eigenvalue weighted by molar-refractivity contribution is 5.29. The molecule has 0 radical (unpaired) electrons. The average Bonchev–Trinajstić information content (AvgIpc) is 2.85. The standard InChI is InChI=1S/C14H21F3N2/c1-9(2)12-10(3)13(14(15,16)17)18-19(12)8-11-6-4-5-7-11/h9,11H,4-8H2,1-3H3. The number of aromatic nitrogens is 2. The third-order valence-electron chi connectivity index (χ3n) is 3.96. The van der Waals surface area contributed by atoms with Crippen molar-refractivity contribution in [3.63, 3.8) is 0 Å². The first-order valence-electron chi connectivity index (χ1n) is 6.95. The number of nitrogens with zero attached hydrogens (tertiary/aromatic N) is 2. The first kappa shape index (κ1) is 14.4. The van der Waals surface area contributed by atoms with E-state index >= 15 is 0 Å². The quantitative estimate of drug-likeness (QED) is 0.792. The second-order valence-electron chi connectivity index (χ2n) is 5.84. The van der Waals surface area contributed by atoms with Crippen molar-refractivity contribution in [2.45, 2.75) is 65.1 Å². The Morgan fingerprint density at radius 3 is 2.32 bits per heavy atom. The Morgan fingerprint density at radius 1 is 1.26 bits per heavy atom.